The minimum absolute atomic E-state index is 0.168. The van der Waals surface area contributed by atoms with Gasteiger partial charge in [-0.1, -0.05) is 48.5 Å². The second-order valence-electron chi connectivity index (χ2n) is 5.85. The summed E-state index contributed by atoms with van der Waals surface area (Å²) in [6, 6.07) is 14.3. The van der Waals surface area contributed by atoms with Crippen molar-refractivity contribution in [2.75, 3.05) is 12.4 Å². The number of nitrogens with zero attached hydrogens (tertiary/aromatic N) is 2. The lowest BCUT2D eigenvalue weighted by molar-refractivity contribution is -0.143. The third kappa shape index (κ3) is 4.70. The molecule has 0 unspecified atom stereocenters. The normalized spacial score (nSPS) is 10.9. The van der Waals surface area contributed by atoms with Gasteiger partial charge in [0.15, 0.2) is 5.16 Å². The zero-order valence-electron chi connectivity index (χ0n) is 14.9. The number of halogens is 1. The van der Waals surface area contributed by atoms with Gasteiger partial charge in [0.05, 0.1) is 29.6 Å². The van der Waals surface area contributed by atoms with Crippen LogP contribution in [-0.2, 0) is 9.53 Å². The van der Waals surface area contributed by atoms with Crippen molar-refractivity contribution < 1.29 is 9.53 Å². The zero-order valence-corrected chi connectivity index (χ0v) is 16.4. The Bertz CT molecular complexity index is 1020. The second kappa shape index (κ2) is 9.06. The van der Waals surface area contributed by atoms with E-state index in [1.807, 2.05) is 25.1 Å². The van der Waals surface area contributed by atoms with Crippen LogP contribution in [0.2, 0.25) is 5.02 Å². The number of carbonyl (C=O) groups excluding carboxylic acids is 1. The maximum atomic E-state index is 13.1. The Kier molecular flexibility index (Phi) is 6.53. The van der Waals surface area contributed by atoms with Gasteiger partial charge in [0, 0.05) is 10.8 Å². The molecular formula is C20H19ClN2O3S. The molecule has 0 bridgehead atoms. The molecule has 5 nitrogen and oxygen atoms in total. The SMILES string of the molecule is CCCOC(=O)CCSc1nc2ccccc2c(=O)n1-c1cccc(Cl)c1. The van der Waals surface area contributed by atoms with Crippen LogP contribution in [0.4, 0.5) is 0 Å². The molecule has 0 atom stereocenters. The lowest BCUT2D eigenvalue weighted by Gasteiger charge is -2.13. The third-order valence-corrected chi connectivity index (χ3v) is 4.99. The number of ether oxygens (including phenoxy) is 1. The van der Waals surface area contributed by atoms with Gasteiger partial charge in [-0.05, 0) is 36.8 Å². The number of rotatable bonds is 7. The van der Waals surface area contributed by atoms with E-state index in [4.69, 9.17) is 16.3 Å². The summed E-state index contributed by atoms with van der Waals surface area (Å²) in [6.07, 6.45) is 1.04. The molecule has 0 radical (unpaired) electrons. The molecule has 0 amide bonds. The van der Waals surface area contributed by atoms with E-state index in [0.717, 1.165) is 6.42 Å². The summed E-state index contributed by atoms with van der Waals surface area (Å²) < 4.78 is 6.63. The van der Waals surface area contributed by atoms with Gasteiger partial charge < -0.3 is 4.74 Å². The standard InChI is InChI=1S/C20H19ClN2O3S/c1-2-11-26-18(24)10-12-27-20-22-17-9-4-3-8-16(17)19(25)23(20)15-7-5-6-14(21)13-15/h3-9,13H,2,10-12H2,1H3. The van der Waals surface area contributed by atoms with Crippen LogP contribution in [0.1, 0.15) is 19.8 Å². The Morgan fingerprint density at radius 3 is 2.81 bits per heavy atom. The van der Waals surface area contributed by atoms with Crippen molar-refractivity contribution in [2.45, 2.75) is 24.9 Å². The summed E-state index contributed by atoms with van der Waals surface area (Å²) in [4.78, 5) is 29.4. The number of hydrogen-bond donors (Lipinski definition) is 0. The largest absolute Gasteiger partial charge is 0.466 e. The van der Waals surface area contributed by atoms with Crippen LogP contribution in [-0.4, -0.2) is 27.9 Å². The smallest absolute Gasteiger partial charge is 0.306 e. The van der Waals surface area contributed by atoms with Crippen molar-refractivity contribution in [3.63, 3.8) is 0 Å². The van der Waals surface area contributed by atoms with Crippen molar-refractivity contribution in [3.8, 4) is 5.69 Å². The summed E-state index contributed by atoms with van der Waals surface area (Å²) in [5, 5.41) is 1.58. The fraction of sp³-hybridized carbons (Fsp3) is 0.250. The highest BCUT2D eigenvalue weighted by Crippen LogP contribution is 2.23. The van der Waals surface area contributed by atoms with E-state index in [2.05, 4.69) is 4.98 Å². The molecule has 0 spiro atoms. The summed E-state index contributed by atoms with van der Waals surface area (Å²) >= 11 is 7.45. The van der Waals surface area contributed by atoms with Crippen molar-refractivity contribution in [3.05, 3.63) is 63.9 Å². The van der Waals surface area contributed by atoms with Gasteiger partial charge in [-0.3, -0.25) is 14.2 Å². The predicted octanol–water partition coefficient (Wildman–Crippen LogP) is 4.47. The number of esters is 1. The van der Waals surface area contributed by atoms with E-state index in [1.165, 1.54) is 16.3 Å². The van der Waals surface area contributed by atoms with Crippen LogP contribution >= 0.6 is 23.4 Å². The van der Waals surface area contributed by atoms with Gasteiger partial charge in [0.25, 0.3) is 5.56 Å². The average molecular weight is 403 g/mol. The van der Waals surface area contributed by atoms with Crippen molar-refractivity contribution in [2.24, 2.45) is 0 Å². The lowest BCUT2D eigenvalue weighted by atomic mass is 10.2. The molecule has 0 saturated heterocycles. The Hall–Kier alpha value is -2.31. The minimum atomic E-state index is -0.248. The molecule has 1 aromatic heterocycles. The minimum Gasteiger partial charge on any atom is -0.466 e. The first-order valence-electron chi connectivity index (χ1n) is 8.66. The number of carbonyl (C=O) groups is 1. The number of thioether (sulfide) groups is 1. The molecule has 27 heavy (non-hydrogen) atoms. The topological polar surface area (TPSA) is 61.2 Å². The van der Waals surface area contributed by atoms with Gasteiger partial charge >= 0.3 is 5.97 Å². The van der Waals surface area contributed by atoms with Gasteiger partial charge in [-0.25, -0.2) is 4.98 Å². The molecular weight excluding hydrogens is 384 g/mol. The lowest BCUT2D eigenvalue weighted by Crippen LogP contribution is -2.22. The Labute approximate surface area is 166 Å². The van der Waals surface area contributed by atoms with Crippen molar-refractivity contribution >= 4 is 40.2 Å². The van der Waals surface area contributed by atoms with Crippen LogP contribution < -0.4 is 5.56 Å². The number of benzene rings is 2. The van der Waals surface area contributed by atoms with E-state index in [0.29, 0.717) is 39.1 Å². The maximum Gasteiger partial charge on any atom is 0.306 e. The van der Waals surface area contributed by atoms with Crippen LogP contribution in [0, 0.1) is 0 Å². The Morgan fingerprint density at radius 2 is 2.04 bits per heavy atom. The molecule has 3 aromatic rings. The molecule has 140 valence electrons. The van der Waals surface area contributed by atoms with Gasteiger partial charge in [0.1, 0.15) is 0 Å². The van der Waals surface area contributed by atoms with E-state index >= 15 is 0 Å². The second-order valence-corrected chi connectivity index (χ2v) is 7.35. The average Bonchev–Trinajstić information content (AvgIpc) is 2.66. The quantitative estimate of drug-likeness (QED) is 0.331. The molecule has 0 fully saturated rings. The monoisotopic (exact) mass is 402 g/mol. The first kappa shape index (κ1) is 19.5. The molecule has 0 aliphatic rings. The molecule has 0 saturated carbocycles. The van der Waals surface area contributed by atoms with Gasteiger partial charge in [0.2, 0.25) is 0 Å². The van der Waals surface area contributed by atoms with Crippen molar-refractivity contribution in [1.29, 1.82) is 0 Å². The van der Waals surface area contributed by atoms with E-state index in [1.54, 1.807) is 30.3 Å². The zero-order chi connectivity index (χ0) is 19.2. The van der Waals surface area contributed by atoms with Gasteiger partial charge in [-0.2, -0.15) is 0 Å². The number of aromatic nitrogens is 2. The summed E-state index contributed by atoms with van der Waals surface area (Å²) in [7, 11) is 0. The first-order chi connectivity index (χ1) is 13.1. The molecule has 7 heteroatoms. The number of fused-ring (bicyclic) bond motifs is 1. The van der Waals surface area contributed by atoms with E-state index in [-0.39, 0.29) is 17.9 Å². The van der Waals surface area contributed by atoms with Crippen LogP contribution in [0.3, 0.4) is 0 Å². The Morgan fingerprint density at radius 1 is 1.22 bits per heavy atom. The fourth-order valence-corrected chi connectivity index (χ4v) is 3.68. The highest BCUT2D eigenvalue weighted by molar-refractivity contribution is 7.99. The molecule has 0 aliphatic carbocycles. The fourth-order valence-electron chi connectivity index (χ4n) is 2.57. The molecule has 1 heterocycles. The molecule has 0 N–H and O–H groups in total. The molecule has 2 aromatic carbocycles. The van der Waals surface area contributed by atoms with E-state index < -0.39 is 0 Å². The number of para-hydroxylation sites is 1. The highest BCUT2D eigenvalue weighted by atomic mass is 35.5. The van der Waals surface area contributed by atoms with Crippen LogP contribution in [0.15, 0.2) is 58.5 Å². The Balaban J connectivity index is 1.96. The predicted molar refractivity (Wildman–Crippen MR) is 109 cm³/mol. The first-order valence-corrected chi connectivity index (χ1v) is 10.0. The van der Waals surface area contributed by atoms with Gasteiger partial charge in [-0.15, -0.1) is 0 Å². The summed E-state index contributed by atoms with van der Waals surface area (Å²) in [5.41, 5.74) is 1.09. The number of hydrogen-bond acceptors (Lipinski definition) is 5. The molecule has 0 aliphatic heterocycles. The highest BCUT2D eigenvalue weighted by Gasteiger charge is 2.14. The molecule has 3 rings (SSSR count). The van der Waals surface area contributed by atoms with Crippen molar-refractivity contribution in [1.82, 2.24) is 9.55 Å². The van der Waals surface area contributed by atoms with Crippen LogP contribution in [0.5, 0.6) is 0 Å². The van der Waals surface area contributed by atoms with E-state index in [9.17, 15) is 9.59 Å². The van der Waals surface area contributed by atoms with Crippen LogP contribution in [0.25, 0.3) is 16.6 Å². The maximum absolute atomic E-state index is 13.1. The summed E-state index contributed by atoms with van der Waals surface area (Å²) in [5.74, 6) is 0.218. The summed E-state index contributed by atoms with van der Waals surface area (Å²) in [6.45, 7) is 2.37. The third-order valence-electron chi connectivity index (χ3n) is 3.82.